The number of piperazine rings is 1. The number of benzene rings is 2. The molecule has 2 aromatic carbocycles. The molecule has 25 heavy (non-hydrogen) atoms. The number of hydrogen-bond acceptors (Lipinski definition) is 3. The third kappa shape index (κ3) is 4.55. The Morgan fingerprint density at radius 2 is 1.76 bits per heavy atom. The van der Waals surface area contributed by atoms with E-state index in [4.69, 9.17) is 28.6 Å². The molecular weight excluding hydrogens is 354 g/mol. The second-order valence-corrected chi connectivity index (χ2v) is 6.64. The van der Waals surface area contributed by atoms with Crippen LogP contribution < -0.4 is 15.0 Å². The maximum atomic E-state index is 5.92. The van der Waals surface area contributed by atoms with Crippen LogP contribution in [-0.4, -0.2) is 42.8 Å². The molecule has 1 aliphatic heterocycles. The fourth-order valence-electron chi connectivity index (χ4n) is 2.88. The van der Waals surface area contributed by atoms with Crippen molar-refractivity contribution in [3.05, 3.63) is 53.6 Å². The van der Waals surface area contributed by atoms with Gasteiger partial charge in [-0.25, -0.2) is 0 Å². The van der Waals surface area contributed by atoms with Crippen LogP contribution in [0.5, 0.6) is 5.75 Å². The fourth-order valence-corrected chi connectivity index (χ4v) is 3.31. The van der Waals surface area contributed by atoms with Gasteiger partial charge in [-0.2, -0.15) is 0 Å². The van der Waals surface area contributed by atoms with Gasteiger partial charge in [-0.15, -0.1) is 0 Å². The first-order valence-corrected chi connectivity index (χ1v) is 9.24. The van der Waals surface area contributed by atoms with E-state index in [0.29, 0.717) is 6.61 Å². The number of para-hydroxylation sites is 2. The van der Waals surface area contributed by atoms with Crippen LogP contribution in [0.15, 0.2) is 48.5 Å². The molecule has 6 heteroatoms. The second-order valence-electron chi connectivity index (χ2n) is 5.81. The lowest BCUT2D eigenvalue weighted by Gasteiger charge is -2.38. The van der Waals surface area contributed by atoms with Crippen LogP contribution in [0.3, 0.4) is 0 Å². The molecule has 1 aliphatic rings. The quantitative estimate of drug-likeness (QED) is 0.806. The minimum Gasteiger partial charge on any atom is -0.492 e. The highest BCUT2D eigenvalue weighted by molar-refractivity contribution is 7.80. The molecule has 0 radical (unpaired) electrons. The average Bonchev–Trinajstić information content (AvgIpc) is 2.64. The molecule has 0 amide bonds. The van der Waals surface area contributed by atoms with Crippen molar-refractivity contribution in [3.8, 4) is 5.75 Å². The van der Waals surface area contributed by atoms with Gasteiger partial charge in [-0.3, -0.25) is 0 Å². The lowest BCUT2D eigenvalue weighted by Crippen LogP contribution is -2.50. The summed E-state index contributed by atoms with van der Waals surface area (Å²) in [5.41, 5.74) is 2.11. The lowest BCUT2D eigenvalue weighted by atomic mass is 10.2. The Labute approximate surface area is 159 Å². The largest absolute Gasteiger partial charge is 0.492 e. The predicted octanol–water partition coefficient (Wildman–Crippen LogP) is 4.26. The van der Waals surface area contributed by atoms with Crippen molar-refractivity contribution < 1.29 is 4.74 Å². The number of thiocarbonyl (C=S) groups is 1. The van der Waals surface area contributed by atoms with Crippen molar-refractivity contribution in [2.45, 2.75) is 6.92 Å². The van der Waals surface area contributed by atoms with Crippen LogP contribution >= 0.6 is 23.8 Å². The molecule has 0 unspecified atom stereocenters. The number of nitrogens with zero attached hydrogens (tertiary/aromatic N) is 2. The molecule has 3 rings (SSSR count). The molecule has 0 saturated carbocycles. The van der Waals surface area contributed by atoms with Crippen LogP contribution in [-0.2, 0) is 0 Å². The predicted molar refractivity (Wildman–Crippen MR) is 109 cm³/mol. The van der Waals surface area contributed by atoms with Gasteiger partial charge < -0.3 is 19.9 Å². The Morgan fingerprint density at radius 3 is 2.44 bits per heavy atom. The number of halogens is 1. The van der Waals surface area contributed by atoms with Crippen LogP contribution in [0, 0.1) is 0 Å². The summed E-state index contributed by atoms with van der Waals surface area (Å²) in [4.78, 5) is 4.55. The van der Waals surface area contributed by atoms with E-state index in [0.717, 1.165) is 53.4 Å². The minimum absolute atomic E-state index is 0.673. The van der Waals surface area contributed by atoms with Gasteiger partial charge in [0.2, 0.25) is 0 Å². The molecule has 1 N–H and O–H groups in total. The van der Waals surface area contributed by atoms with Crippen molar-refractivity contribution >= 4 is 40.3 Å². The molecule has 0 aromatic heterocycles. The summed E-state index contributed by atoms with van der Waals surface area (Å²) in [7, 11) is 0. The summed E-state index contributed by atoms with van der Waals surface area (Å²) < 4.78 is 5.75. The van der Waals surface area contributed by atoms with Gasteiger partial charge in [-0.1, -0.05) is 23.7 Å². The van der Waals surface area contributed by atoms with E-state index in [9.17, 15) is 0 Å². The third-order valence-electron chi connectivity index (χ3n) is 4.17. The van der Waals surface area contributed by atoms with Crippen LogP contribution in [0.2, 0.25) is 5.02 Å². The van der Waals surface area contributed by atoms with Crippen molar-refractivity contribution in [3.63, 3.8) is 0 Å². The Bertz CT molecular complexity index is 715. The first kappa shape index (κ1) is 17.8. The summed E-state index contributed by atoms with van der Waals surface area (Å²) >= 11 is 11.5. The van der Waals surface area contributed by atoms with Gasteiger partial charge in [0.25, 0.3) is 0 Å². The zero-order valence-corrected chi connectivity index (χ0v) is 15.8. The van der Waals surface area contributed by atoms with Crippen molar-refractivity contribution in [1.82, 2.24) is 4.90 Å². The van der Waals surface area contributed by atoms with Crippen LogP contribution in [0.25, 0.3) is 0 Å². The minimum atomic E-state index is 0.673. The fraction of sp³-hybridized carbons (Fsp3) is 0.316. The van der Waals surface area contributed by atoms with Gasteiger partial charge in [0.05, 0.1) is 12.3 Å². The van der Waals surface area contributed by atoms with E-state index in [1.807, 2.05) is 43.3 Å². The smallest absolute Gasteiger partial charge is 0.173 e. The number of anilines is 2. The highest BCUT2D eigenvalue weighted by Gasteiger charge is 2.21. The summed E-state index contributed by atoms with van der Waals surface area (Å²) in [5, 5.41) is 4.75. The zero-order chi connectivity index (χ0) is 17.6. The van der Waals surface area contributed by atoms with Crippen LogP contribution in [0.1, 0.15) is 6.92 Å². The molecule has 1 heterocycles. The Morgan fingerprint density at radius 1 is 1.08 bits per heavy atom. The van der Waals surface area contributed by atoms with E-state index in [1.165, 1.54) is 0 Å². The topological polar surface area (TPSA) is 27.7 Å². The SMILES string of the molecule is CCOc1ccccc1N1CCN(C(=S)Nc2ccc(Cl)cc2)CC1. The van der Waals surface area contributed by atoms with E-state index < -0.39 is 0 Å². The molecule has 2 aromatic rings. The second kappa shape index (κ2) is 8.41. The molecule has 0 aliphatic carbocycles. The highest BCUT2D eigenvalue weighted by atomic mass is 35.5. The van der Waals surface area contributed by atoms with Crippen molar-refractivity contribution in [1.29, 1.82) is 0 Å². The van der Waals surface area contributed by atoms with Gasteiger partial charge >= 0.3 is 0 Å². The summed E-state index contributed by atoms with van der Waals surface area (Å²) in [6.45, 7) is 6.25. The Kier molecular flexibility index (Phi) is 6.00. The summed E-state index contributed by atoms with van der Waals surface area (Å²) in [5.74, 6) is 0.945. The van der Waals surface area contributed by atoms with Crippen molar-refractivity contribution in [2.75, 3.05) is 43.0 Å². The first-order chi connectivity index (χ1) is 12.2. The normalized spacial score (nSPS) is 14.3. The average molecular weight is 376 g/mol. The third-order valence-corrected chi connectivity index (χ3v) is 4.78. The molecule has 1 fully saturated rings. The van der Waals surface area contributed by atoms with Crippen molar-refractivity contribution in [2.24, 2.45) is 0 Å². The molecule has 4 nitrogen and oxygen atoms in total. The molecule has 0 bridgehead atoms. The van der Waals surface area contributed by atoms with E-state index in [-0.39, 0.29) is 0 Å². The standard InChI is InChI=1S/C19H22ClN3OS/c1-2-24-18-6-4-3-5-17(18)22-11-13-23(14-12-22)19(25)21-16-9-7-15(20)8-10-16/h3-10H,2,11-14H2,1H3,(H,21,25). The number of hydrogen-bond donors (Lipinski definition) is 1. The highest BCUT2D eigenvalue weighted by Crippen LogP contribution is 2.28. The van der Waals surface area contributed by atoms with Gasteiger partial charge in [0, 0.05) is 36.9 Å². The van der Waals surface area contributed by atoms with E-state index in [1.54, 1.807) is 0 Å². The Balaban J connectivity index is 1.58. The first-order valence-electron chi connectivity index (χ1n) is 8.45. The van der Waals surface area contributed by atoms with E-state index in [2.05, 4.69) is 27.2 Å². The van der Waals surface area contributed by atoms with Crippen LogP contribution in [0.4, 0.5) is 11.4 Å². The monoisotopic (exact) mass is 375 g/mol. The zero-order valence-electron chi connectivity index (χ0n) is 14.2. The summed E-state index contributed by atoms with van der Waals surface area (Å²) in [6.07, 6.45) is 0. The van der Waals surface area contributed by atoms with Gasteiger partial charge in [0.15, 0.2) is 5.11 Å². The van der Waals surface area contributed by atoms with Gasteiger partial charge in [-0.05, 0) is 55.5 Å². The maximum absolute atomic E-state index is 5.92. The van der Waals surface area contributed by atoms with E-state index >= 15 is 0 Å². The molecule has 132 valence electrons. The van der Waals surface area contributed by atoms with Gasteiger partial charge in [0.1, 0.15) is 5.75 Å². The molecule has 1 saturated heterocycles. The number of nitrogens with one attached hydrogen (secondary N) is 1. The molecular formula is C19H22ClN3OS. The maximum Gasteiger partial charge on any atom is 0.173 e. The summed E-state index contributed by atoms with van der Waals surface area (Å²) in [6, 6.07) is 15.8. The molecule has 0 spiro atoms. The number of ether oxygens (including phenoxy) is 1. The lowest BCUT2D eigenvalue weighted by molar-refractivity contribution is 0.336. The number of rotatable bonds is 4. The molecule has 0 atom stereocenters. The Hall–Kier alpha value is -1.98.